The molecule has 4 aromatic rings. The molecular formula is C23H12Cl2FNO3. The second kappa shape index (κ2) is 6.69. The summed E-state index contributed by atoms with van der Waals surface area (Å²) in [7, 11) is 1.86. The van der Waals surface area contributed by atoms with E-state index in [1.807, 2.05) is 17.7 Å². The van der Waals surface area contributed by atoms with E-state index in [2.05, 4.69) is 0 Å². The summed E-state index contributed by atoms with van der Waals surface area (Å²) in [5.41, 5.74) is 3.53. The molecule has 0 N–H and O–H groups in total. The highest BCUT2D eigenvalue weighted by atomic mass is 35.5. The van der Waals surface area contributed by atoms with Gasteiger partial charge in [-0.2, -0.15) is 0 Å². The highest BCUT2D eigenvalue weighted by molar-refractivity contribution is 6.46. The van der Waals surface area contributed by atoms with E-state index >= 15 is 0 Å². The molecule has 2 heterocycles. The molecular weight excluding hydrogens is 428 g/mol. The molecule has 148 valence electrons. The van der Waals surface area contributed by atoms with Gasteiger partial charge < -0.3 is 8.98 Å². The lowest BCUT2D eigenvalue weighted by Gasteiger charge is -2.03. The second-order valence-electron chi connectivity index (χ2n) is 7.02. The molecule has 5 rings (SSSR count). The van der Waals surface area contributed by atoms with Crippen LogP contribution in [0.15, 0.2) is 58.5 Å². The molecule has 1 aliphatic carbocycles. The summed E-state index contributed by atoms with van der Waals surface area (Å²) in [5.74, 6) is -0.759. The first-order chi connectivity index (χ1) is 14.3. The van der Waals surface area contributed by atoms with Gasteiger partial charge in [-0.25, -0.2) is 4.39 Å². The van der Waals surface area contributed by atoms with Crippen LogP contribution >= 0.6 is 23.2 Å². The van der Waals surface area contributed by atoms with Gasteiger partial charge in [-0.15, -0.1) is 0 Å². The van der Waals surface area contributed by atoms with Crippen molar-refractivity contribution in [2.45, 2.75) is 0 Å². The third kappa shape index (κ3) is 2.82. The average molecular weight is 440 g/mol. The molecule has 4 nitrogen and oxygen atoms in total. The van der Waals surface area contributed by atoms with E-state index in [0.29, 0.717) is 11.3 Å². The van der Waals surface area contributed by atoms with Crippen molar-refractivity contribution in [1.82, 2.24) is 4.57 Å². The molecule has 0 atom stereocenters. The number of Topliss-reactive ketones (excluding diaryl/α,β-unsaturated/α-hetero) is 2. The van der Waals surface area contributed by atoms with Crippen molar-refractivity contribution >= 4 is 51.9 Å². The molecule has 0 bridgehead atoms. The minimum absolute atomic E-state index is 0.00106. The highest BCUT2D eigenvalue weighted by Crippen LogP contribution is 2.35. The van der Waals surface area contributed by atoms with Gasteiger partial charge in [0.2, 0.25) is 0 Å². The average Bonchev–Trinajstić information content (AvgIpc) is 3.32. The number of fused-ring (bicyclic) bond motifs is 2. The number of halogens is 3. The van der Waals surface area contributed by atoms with E-state index in [0.717, 1.165) is 16.8 Å². The lowest BCUT2D eigenvalue weighted by Crippen LogP contribution is -1.99. The predicted octanol–water partition coefficient (Wildman–Crippen LogP) is 6.35. The van der Waals surface area contributed by atoms with E-state index in [1.54, 1.807) is 18.2 Å². The Bertz CT molecular complexity index is 1370. The molecule has 1 aliphatic rings. The second-order valence-corrected chi connectivity index (χ2v) is 7.84. The molecule has 0 fully saturated rings. The fourth-order valence-electron chi connectivity index (χ4n) is 3.69. The molecule has 0 aliphatic heterocycles. The van der Waals surface area contributed by atoms with Crippen molar-refractivity contribution in [3.63, 3.8) is 0 Å². The molecule has 0 unspecified atom stereocenters. The van der Waals surface area contributed by atoms with Crippen LogP contribution in [0.25, 0.3) is 28.4 Å². The van der Waals surface area contributed by atoms with Crippen LogP contribution in [0.4, 0.5) is 4.39 Å². The van der Waals surface area contributed by atoms with E-state index in [9.17, 15) is 14.0 Å². The number of hydrogen-bond donors (Lipinski definition) is 0. The Labute approximate surface area is 180 Å². The fourth-order valence-corrected chi connectivity index (χ4v) is 4.02. The summed E-state index contributed by atoms with van der Waals surface area (Å²) in [4.78, 5) is 25.4. The molecule has 2 aromatic carbocycles. The largest absolute Gasteiger partial charge is 0.455 e. The normalized spacial score (nSPS) is 13.4. The van der Waals surface area contributed by atoms with Gasteiger partial charge in [0.1, 0.15) is 11.6 Å². The van der Waals surface area contributed by atoms with Gasteiger partial charge in [0.05, 0.1) is 26.8 Å². The Morgan fingerprint density at radius 3 is 2.10 bits per heavy atom. The van der Waals surface area contributed by atoms with Crippen molar-refractivity contribution in [1.29, 1.82) is 0 Å². The number of furan rings is 1. The van der Waals surface area contributed by atoms with Crippen LogP contribution in [0.2, 0.25) is 10.0 Å². The van der Waals surface area contributed by atoms with Crippen molar-refractivity contribution in [2.24, 2.45) is 7.05 Å². The molecule has 0 spiro atoms. The minimum Gasteiger partial charge on any atom is -0.455 e. The molecule has 0 saturated carbocycles. The van der Waals surface area contributed by atoms with Gasteiger partial charge in [0.15, 0.2) is 17.1 Å². The van der Waals surface area contributed by atoms with E-state index in [4.69, 9.17) is 27.6 Å². The first-order valence-electron chi connectivity index (χ1n) is 8.99. The van der Waals surface area contributed by atoms with E-state index < -0.39 is 11.6 Å². The quantitative estimate of drug-likeness (QED) is 0.270. The summed E-state index contributed by atoms with van der Waals surface area (Å²) < 4.78 is 21.0. The maximum absolute atomic E-state index is 13.2. The molecule has 2 aromatic heterocycles. The predicted molar refractivity (Wildman–Crippen MR) is 114 cm³/mol. The number of rotatable bonds is 2. The highest BCUT2D eigenvalue weighted by Gasteiger charge is 2.34. The lowest BCUT2D eigenvalue weighted by atomic mass is 10.1. The molecule has 7 heteroatoms. The summed E-state index contributed by atoms with van der Waals surface area (Å²) in [5, 5.41) is 0.435. The molecule has 0 saturated heterocycles. The Balaban J connectivity index is 1.55. The van der Waals surface area contributed by atoms with E-state index in [1.165, 1.54) is 30.3 Å². The van der Waals surface area contributed by atoms with E-state index in [-0.39, 0.29) is 32.6 Å². The number of nitrogens with zero attached hydrogens (tertiary/aromatic N) is 1. The Hall–Kier alpha value is -3.15. The van der Waals surface area contributed by atoms with Gasteiger partial charge in [-0.3, -0.25) is 9.59 Å². The van der Waals surface area contributed by atoms with Crippen LogP contribution in [-0.4, -0.2) is 16.1 Å². The van der Waals surface area contributed by atoms with Crippen molar-refractivity contribution in [3.05, 3.63) is 86.9 Å². The zero-order chi connectivity index (χ0) is 21.2. The number of carbonyl (C=O) groups is 2. The third-order valence-electron chi connectivity index (χ3n) is 5.22. The summed E-state index contributed by atoms with van der Waals surface area (Å²) >= 11 is 12.0. The Kier molecular flexibility index (Phi) is 4.20. The summed E-state index contributed by atoms with van der Waals surface area (Å²) in [6.45, 7) is 0. The number of allylic oxidation sites excluding steroid dienone is 1. The van der Waals surface area contributed by atoms with Crippen LogP contribution in [-0.2, 0) is 7.05 Å². The van der Waals surface area contributed by atoms with Crippen molar-refractivity contribution in [3.8, 4) is 11.3 Å². The van der Waals surface area contributed by atoms with Crippen molar-refractivity contribution in [2.75, 3.05) is 0 Å². The number of ketones is 2. The fraction of sp³-hybridized carbons (Fsp3) is 0.0435. The maximum Gasteiger partial charge on any atom is 0.197 e. The van der Waals surface area contributed by atoms with Gasteiger partial charge in [-0.05, 0) is 48.0 Å². The zero-order valence-electron chi connectivity index (χ0n) is 15.5. The Morgan fingerprint density at radius 1 is 0.933 bits per heavy atom. The zero-order valence-corrected chi connectivity index (χ0v) is 17.0. The van der Waals surface area contributed by atoms with Gasteiger partial charge in [0.25, 0.3) is 0 Å². The van der Waals surface area contributed by atoms with Crippen molar-refractivity contribution < 1.29 is 18.4 Å². The van der Waals surface area contributed by atoms with Crippen LogP contribution in [0, 0.1) is 5.82 Å². The minimum atomic E-state index is -0.416. The third-order valence-corrected chi connectivity index (χ3v) is 5.94. The standard InChI is InChI=1S/C23H12Cl2FNO3/c1-27-19(11-2-4-12(26)5-3-11)10-21-20(27)7-13(30-21)6-16-22(28)14-8-17(24)18(25)9-15(14)23(16)29/h2-10H,1H3. The molecule has 0 amide bonds. The number of hydrogen-bond acceptors (Lipinski definition) is 3. The monoisotopic (exact) mass is 439 g/mol. The Morgan fingerprint density at radius 2 is 1.53 bits per heavy atom. The number of aryl methyl sites for hydroxylation is 1. The molecule has 0 radical (unpaired) electrons. The number of aromatic nitrogens is 1. The summed E-state index contributed by atoms with van der Waals surface area (Å²) in [6.07, 6.45) is 1.43. The topological polar surface area (TPSA) is 52.2 Å². The van der Waals surface area contributed by atoms with Crippen LogP contribution in [0.5, 0.6) is 0 Å². The molecule has 30 heavy (non-hydrogen) atoms. The maximum atomic E-state index is 13.2. The first kappa shape index (κ1) is 18.9. The first-order valence-corrected chi connectivity index (χ1v) is 9.74. The van der Waals surface area contributed by atoms with Gasteiger partial charge >= 0.3 is 0 Å². The van der Waals surface area contributed by atoms with Crippen LogP contribution < -0.4 is 0 Å². The lowest BCUT2D eigenvalue weighted by molar-refractivity contribution is 0.0990. The summed E-state index contributed by atoms with van der Waals surface area (Å²) in [6, 6.07) is 12.6. The smallest absolute Gasteiger partial charge is 0.197 e. The van der Waals surface area contributed by atoms with Gasteiger partial charge in [0, 0.05) is 30.3 Å². The SMILES string of the molecule is Cn1c(-c2ccc(F)cc2)cc2oc(C=C3C(=O)c4cc(Cl)c(Cl)cc4C3=O)cc21. The number of carbonyl (C=O) groups excluding carboxylic acids is 2. The van der Waals surface area contributed by atoms with Gasteiger partial charge in [-0.1, -0.05) is 23.2 Å². The number of benzene rings is 2. The van der Waals surface area contributed by atoms with Crippen LogP contribution in [0.1, 0.15) is 26.5 Å². The van der Waals surface area contributed by atoms with Crippen LogP contribution in [0.3, 0.4) is 0 Å².